The van der Waals surface area contributed by atoms with Crippen molar-refractivity contribution in [3.05, 3.63) is 65.0 Å². The Morgan fingerprint density at radius 1 is 1.13 bits per heavy atom. The number of piperidine rings is 1. The number of benzene rings is 2. The van der Waals surface area contributed by atoms with Crippen molar-refractivity contribution < 1.29 is 14.0 Å². The van der Waals surface area contributed by atoms with Crippen LogP contribution in [0.5, 0.6) is 0 Å². The van der Waals surface area contributed by atoms with Gasteiger partial charge in [0.2, 0.25) is 5.91 Å². The third kappa shape index (κ3) is 6.52. The minimum atomic E-state index is -0.256. The van der Waals surface area contributed by atoms with Crippen LogP contribution >= 0.6 is 0 Å². The molecule has 0 aromatic heterocycles. The van der Waals surface area contributed by atoms with Crippen molar-refractivity contribution >= 4 is 17.6 Å². The maximum absolute atomic E-state index is 14.2. The topological polar surface area (TPSA) is 64.7 Å². The zero-order chi connectivity index (χ0) is 22.4. The Balaban J connectivity index is 1.45. The second kappa shape index (κ2) is 10.4. The number of rotatable bonds is 6. The molecule has 7 heteroatoms. The van der Waals surface area contributed by atoms with Crippen molar-refractivity contribution in [2.75, 3.05) is 32.5 Å². The van der Waals surface area contributed by atoms with Crippen molar-refractivity contribution in [1.82, 2.24) is 15.1 Å². The van der Waals surface area contributed by atoms with E-state index in [0.717, 1.165) is 16.8 Å². The Bertz CT molecular complexity index is 924. The van der Waals surface area contributed by atoms with Crippen LogP contribution in [0.3, 0.4) is 0 Å². The van der Waals surface area contributed by atoms with Gasteiger partial charge in [-0.2, -0.15) is 0 Å². The van der Waals surface area contributed by atoms with Gasteiger partial charge in [-0.15, -0.1) is 0 Å². The Morgan fingerprint density at radius 2 is 1.87 bits per heavy atom. The average Bonchev–Trinajstić information content (AvgIpc) is 2.73. The maximum Gasteiger partial charge on any atom is 0.321 e. The van der Waals surface area contributed by atoms with Gasteiger partial charge in [0.1, 0.15) is 5.82 Å². The summed E-state index contributed by atoms with van der Waals surface area (Å²) in [7, 11) is 3.79. The molecule has 3 rings (SSSR count). The van der Waals surface area contributed by atoms with Gasteiger partial charge in [0, 0.05) is 43.3 Å². The third-order valence-electron chi connectivity index (χ3n) is 5.49. The van der Waals surface area contributed by atoms with Crippen LogP contribution in [-0.4, -0.2) is 48.9 Å². The highest BCUT2D eigenvalue weighted by Crippen LogP contribution is 2.19. The van der Waals surface area contributed by atoms with E-state index in [1.54, 1.807) is 11.0 Å². The molecule has 2 N–H and O–H groups in total. The monoisotopic (exact) mass is 426 g/mol. The van der Waals surface area contributed by atoms with E-state index >= 15 is 0 Å². The summed E-state index contributed by atoms with van der Waals surface area (Å²) in [6.45, 7) is 3.88. The number of aryl methyl sites for hydroxylation is 1. The molecule has 1 heterocycles. The fourth-order valence-corrected chi connectivity index (χ4v) is 3.77. The summed E-state index contributed by atoms with van der Waals surface area (Å²) in [5, 5.41) is 5.82. The van der Waals surface area contributed by atoms with Crippen molar-refractivity contribution in [1.29, 1.82) is 0 Å². The quantitative estimate of drug-likeness (QED) is 0.739. The molecular formula is C24H31FN4O2. The number of hydrogen-bond donors (Lipinski definition) is 2. The number of carbonyl (C=O) groups is 2. The van der Waals surface area contributed by atoms with Crippen molar-refractivity contribution in [3.8, 4) is 0 Å². The molecule has 0 saturated carbocycles. The molecule has 0 unspecified atom stereocenters. The van der Waals surface area contributed by atoms with Crippen LogP contribution in [0.25, 0.3) is 0 Å². The predicted molar refractivity (Wildman–Crippen MR) is 120 cm³/mol. The van der Waals surface area contributed by atoms with Crippen LogP contribution < -0.4 is 10.6 Å². The van der Waals surface area contributed by atoms with Gasteiger partial charge in [0.25, 0.3) is 0 Å². The van der Waals surface area contributed by atoms with Gasteiger partial charge < -0.3 is 20.4 Å². The predicted octanol–water partition coefficient (Wildman–Crippen LogP) is 3.76. The molecule has 6 nitrogen and oxygen atoms in total. The highest BCUT2D eigenvalue weighted by atomic mass is 19.1. The first-order valence-corrected chi connectivity index (χ1v) is 10.6. The highest BCUT2D eigenvalue weighted by Gasteiger charge is 2.27. The number of hydrogen-bond acceptors (Lipinski definition) is 3. The van der Waals surface area contributed by atoms with E-state index < -0.39 is 0 Å². The molecule has 2 aromatic rings. The first-order valence-electron chi connectivity index (χ1n) is 10.6. The SMILES string of the molecule is Cc1cccc(NC(=O)N2CCC(C(=O)NCc3ccc(CN(C)C)c(F)c3)CC2)c1. The molecule has 0 radical (unpaired) electrons. The lowest BCUT2D eigenvalue weighted by molar-refractivity contribution is -0.126. The summed E-state index contributed by atoms with van der Waals surface area (Å²) in [5.74, 6) is -0.439. The fraction of sp³-hybridized carbons (Fsp3) is 0.417. The van der Waals surface area contributed by atoms with Gasteiger partial charge in [0.05, 0.1) is 0 Å². The zero-order valence-electron chi connectivity index (χ0n) is 18.5. The number of likely N-dealkylation sites (tertiary alicyclic amines) is 1. The maximum atomic E-state index is 14.2. The molecule has 1 aliphatic rings. The smallest absolute Gasteiger partial charge is 0.321 e. The minimum absolute atomic E-state index is 0.0449. The lowest BCUT2D eigenvalue weighted by Gasteiger charge is -2.31. The van der Waals surface area contributed by atoms with E-state index in [4.69, 9.17) is 0 Å². The van der Waals surface area contributed by atoms with Crippen molar-refractivity contribution in [2.45, 2.75) is 32.9 Å². The Hall–Kier alpha value is -2.93. The molecule has 0 spiro atoms. The molecule has 2 aromatic carbocycles. The van der Waals surface area contributed by atoms with Gasteiger partial charge in [-0.05, 0) is 63.2 Å². The van der Waals surface area contributed by atoms with Gasteiger partial charge in [-0.1, -0.05) is 24.3 Å². The second-order valence-corrected chi connectivity index (χ2v) is 8.44. The molecule has 1 saturated heterocycles. The Labute approximate surface area is 183 Å². The van der Waals surface area contributed by atoms with E-state index in [9.17, 15) is 14.0 Å². The van der Waals surface area contributed by atoms with E-state index in [-0.39, 0.29) is 23.7 Å². The molecule has 3 amide bonds. The largest absolute Gasteiger partial charge is 0.352 e. The first-order chi connectivity index (χ1) is 14.8. The number of anilines is 1. The Kier molecular flexibility index (Phi) is 7.63. The van der Waals surface area contributed by atoms with Crippen LogP contribution in [0.1, 0.15) is 29.5 Å². The number of carbonyl (C=O) groups excluding carboxylic acids is 2. The van der Waals surface area contributed by atoms with E-state index in [2.05, 4.69) is 10.6 Å². The van der Waals surface area contributed by atoms with Crippen molar-refractivity contribution in [3.63, 3.8) is 0 Å². The first kappa shape index (κ1) is 22.7. The van der Waals surface area contributed by atoms with Gasteiger partial charge in [-0.3, -0.25) is 4.79 Å². The molecular weight excluding hydrogens is 395 g/mol. The zero-order valence-corrected chi connectivity index (χ0v) is 18.5. The standard InChI is InChI=1S/C24H31FN4O2/c1-17-5-4-6-21(13-17)27-24(31)29-11-9-19(10-12-29)23(30)26-15-18-7-8-20(16-28(2)3)22(25)14-18/h4-8,13-14,19H,9-12,15-16H2,1-3H3,(H,26,30)(H,27,31). The third-order valence-corrected chi connectivity index (χ3v) is 5.49. The summed E-state index contributed by atoms with van der Waals surface area (Å²) in [6, 6.07) is 12.6. The number of nitrogens with zero attached hydrogens (tertiary/aromatic N) is 2. The average molecular weight is 427 g/mol. The van der Waals surface area contributed by atoms with Crippen LogP contribution in [0.4, 0.5) is 14.9 Å². The molecule has 31 heavy (non-hydrogen) atoms. The van der Waals surface area contributed by atoms with Gasteiger partial charge >= 0.3 is 6.03 Å². The van der Waals surface area contributed by atoms with Crippen LogP contribution in [-0.2, 0) is 17.9 Å². The molecule has 166 valence electrons. The van der Waals surface area contributed by atoms with Crippen LogP contribution in [0.2, 0.25) is 0 Å². The highest BCUT2D eigenvalue weighted by molar-refractivity contribution is 5.89. The summed E-state index contributed by atoms with van der Waals surface area (Å²) >= 11 is 0. The van der Waals surface area contributed by atoms with Crippen molar-refractivity contribution in [2.24, 2.45) is 5.92 Å². The molecule has 1 aliphatic heterocycles. The van der Waals surface area contributed by atoms with E-state index in [0.29, 0.717) is 44.6 Å². The minimum Gasteiger partial charge on any atom is -0.352 e. The molecule has 0 aliphatic carbocycles. The summed E-state index contributed by atoms with van der Waals surface area (Å²) in [6.07, 6.45) is 1.23. The number of urea groups is 1. The van der Waals surface area contributed by atoms with E-state index in [1.165, 1.54) is 6.07 Å². The number of amides is 3. The summed E-state index contributed by atoms with van der Waals surface area (Å²) in [4.78, 5) is 28.7. The molecule has 0 bridgehead atoms. The number of halogens is 1. The van der Waals surface area contributed by atoms with Gasteiger partial charge in [0.15, 0.2) is 0 Å². The summed E-state index contributed by atoms with van der Waals surface area (Å²) in [5.41, 5.74) is 3.23. The molecule has 1 fully saturated rings. The Morgan fingerprint density at radius 3 is 2.52 bits per heavy atom. The van der Waals surface area contributed by atoms with Gasteiger partial charge in [-0.25, -0.2) is 9.18 Å². The van der Waals surface area contributed by atoms with E-state index in [1.807, 2.05) is 56.3 Å². The van der Waals surface area contributed by atoms with Crippen LogP contribution in [0, 0.1) is 18.7 Å². The lowest BCUT2D eigenvalue weighted by Crippen LogP contribution is -2.44. The number of nitrogens with one attached hydrogen (secondary N) is 2. The summed E-state index contributed by atoms with van der Waals surface area (Å²) < 4.78 is 14.2. The second-order valence-electron chi connectivity index (χ2n) is 8.44. The molecule has 0 atom stereocenters. The van der Waals surface area contributed by atoms with Crippen LogP contribution in [0.15, 0.2) is 42.5 Å². The fourth-order valence-electron chi connectivity index (χ4n) is 3.77. The normalized spacial score (nSPS) is 14.5. The lowest BCUT2D eigenvalue weighted by atomic mass is 9.96.